The Bertz CT molecular complexity index is 1420. The van der Waals surface area contributed by atoms with Crippen LogP contribution in [0.15, 0.2) is 42.5 Å². The molecule has 0 radical (unpaired) electrons. The number of hydrogen-bond donors (Lipinski definition) is 1. The summed E-state index contributed by atoms with van der Waals surface area (Å²) in [5.74, 6) is 0.973. The van der Waals surface area contributed by atoms with Crippen molar-refractivity contribution in [2.45, 2.75) is 81.6 Å². The number of carbonyl (C=O) groups is 2. The van der Waals surface area contributed by atoms with Crippen LogP contribution >= 0.6 is 0 Å². The first-order valence-corrected chi connectivity index (χ1v) is 14.7. The summed E-state index contributed by atoms with van der Waals surface area (Å²) in [6.07, 6.45) is 8.42. The van der Waals surface area contributed by atoms with Crippen molar-refractivity contribution in [3.63, 3.8) is 0 Å². The number of likely N-dealkylation sites (tertiary alicyclic amines) is 1. The van der Waals surface area contributed by atoms with Gasteiger partial charge >= 0.3 is 5.97 Å². The lowest BCUT2D eigenvalue weighted by atomic mass is 9.48. The van der Waals surface area contributed by atoms with Gasteiger partial charge in [-0.1, -0.05) is 35.9 Å². The van der Waals surface area contributed by atoms with Gasteiger partial charge in [-0.25, -0.2) is 0 Å². The predicted octanol–water partition coefficient (Wildman–Crippen LogP) is 4.38. The van der Waals surface area contributed by atoms with Gasteiger partial charge in [0.1, 0.15) is 11.7 Å². The molecule has 2 aliphatic heterocycles. The van der Waals surface area contributed by atoms with Crippen molar-refractivity contribution < 1.29 is 24.2 Å². The van der Waals surface area contributed by atoms with E-state index in [1.54, 1.807) is 17.0 Å². The van der Waals surface area contributed by atoms with Crippen LogP contribution < -0.4 is 4.74 Å². The molecule has 1 amide bonds. The Balaban J connectivity index is 1.29. The van der Waals surface area contributed by atoms with Crippen molar-refractivity contribution in [1.82, 2.24) is 9.80 Å². The van der Waals surface area contributed by atoms with Crippen LogP contribution in [0.3, 0.4) is 0 Å². The highest BCUT2D eigenvalue weighted by Crippen LogP contribution is 2.67. The third-order valence-corrected chi connectivity index (χ3v) is 10.3. The van der Waals surface area contributed by atoms with Crippen LogP contribution in [-0.2, 0) is 26.2 Å². The Kier molecular flexibility index (Phi) is 5.83. The zero-order chi connectivity index (χ0) is 27.8. The molecular weight excluding hydrogens is 504 g/mol. The first-order valence-electron chi connectivity index (χ1n) is 14.7. The minimum Gasteiger partial charge on any atom is -0.504 e. The fourth-order valence-corrected chi connectivity index (χ4v) is 8.51. The van der Waals surface area contributed by atoms with E-state index >= 15 is 0 Å². The van der Waals surface area contributed by atoms with Crippen molar-refractivity contribution >= 4 is 18.0 Å². The number of benzene rings is 2. The van der Waals surface area contributed by atoms with E-state index in [-0.39, 0.29) is 29.7 Å². The zero-order valence-electron chi connectivity index (χ0n) is 23.6. The number of aryl methyl sites for hydroxylation is 1. The van der Waals surface area contributed by atoms with Crippen LogP contribution in [-0.4, -0.2) is 70.7 Å². The number of ether oxygens (including phenoxy) is 2. The number of piperidine rings is 1. The van der Waals surface area contributed by atoms with Gasteiger partial charge in [0.15, 0.2) is 11.5 Å². The molecule has 40 heavy (non-hydrogen) atoms. The highest BCUT2D eigenvalue weighted by molar-refractivity contribution is 5.92. The van der Waals surface area contributed by atoms with Crippen LogP contribution in [0.25, 0.3) is 6.08 Å². The minimum absolute atomic E-state index is 0.0445. The summed E-state index contributed by atoms with van der Waals surface area (Å²) in [5.41, 5.74) is 2.90. The number of likely N-dealkylation sites (N-methyl/N-ethyl adjacent to an activating group) is 1. The largest absolute Gasteiger partial charge is 0.504 e. The summed E-state index contributed by atoms with van der Waals surface area (Å²) in [6, 6.07) is 11.6. The Hall–Kier alpha value is -3.32. The van der Waals surface area contributed by atoms with Crippen molar-refractivity contribution in [3.8, 4) is 11.5 Å². The standard InChI is InChI=1S/C33H38N2O5/c1-20-5-4-6-22(17-20)9-12-28(38)34(3)25-13-14-33(40-21(2)36)27-18-24-10-11-26(37)30-29(24)32(33,31(25)39-30)15-16-35(27)19-23-7-8-23/h4-6,9-12,17,23,25,27,31,37H,7-8,13-16,18-19H2,1-3H3/t25-,27+,31-,32-,33+/m0/s1. The fourth-order valence-electron chi connectivity index (χ4n) is 8.51. The molecule has 7 heteroatoms. The summed E-state index contributed by atoms with van der Waals surface area (Å²) >= 11 is 0. The molecule has 7 nitrogen and oxygen atoms in total. The number of phenols is 1. The molecule has 3 aliphatic carbocycles. The highest BCUT2D eigenvalue weighted by atomic mass is 16.6. The number of rotatable bonds is 6. The molecule has 2 saturated carbocycles. The summed E-state index contributed by atoms with van der Waals surface area (Å²) in [4.78, 5) is 30.7. The highest BCUT2D eigenvalue weighted by Gasteiger charge is 2.75. The van der Waals surface area contributed by atoms with Crippen molar-refractivity contribution in [2.24, 2.45) is 5.92 Å². The van der Waals surface area contributed by atoms with Gasteiger partial charge in [0.2, 0.25) is 5.91 Å². The second-order valence-electron chi connectivity index (χ2n) is 12.7. The summed E-state index contributed by atoms with van der Waals surface area (Å²) in [7, 11) is 1.85. The summed E-state index contributed by atoms with van der Waals surface area (Å²) < 4.78 is 13.2. The van der Waals surface area contributed by atoms with E-state index in [0.29, 0.717) is 18.6 Å². The van der Waals surface area contributed by atoms with E-state index in [1.807, 2.05) is 44.3 Å². The van der Waals surface area contributed by atoms with Gasteiger partial charge in [0.05, 0.1) is 17.5 Å². The van der Waals surface area contributed by atoms with E-state index in [4.69, 9.17) is 9.47 Å². The molecule has 2 aromatic rings. The lowest BCUT2D eigenvalue weighted by Crippen LogP contribution is -2.79. The molecule has 1 spiro atoms. The molecule has 0 unspecified atom stereocenters. The van der Waals surface area contributed by atoms with Crippen molar-refractivity contribution in [3.05, 3.63) is 64.7 Å². The lowest BCUT2D eigenvalue weighted by molar-refractivity contribution is -0.223. The lowest BCUT2D eigenvalue weighted by Gasteiger charge is -2.65. The number of amides is 1. The fraction of sp³-hybridized carbons (Fsp3) is 0.515. The molecule has 2 aromatic carbocycles. The van der Waals surface area contributed by atoms with E-state index in [0.717, 1.165) is 54.1 Å². The SMILES string of the molecule is CC(=O)O[C@@]12CC[C@H](N(C)C(=O)C=Cc3cccc(C)c3)[C@@H]3Oc4c(O)ccc5c4[C@@]31CCN(CC1CC1)[C@@H]2C5. The molecule has 2 bridgehead atoms. The topological polar surface area (TPSA) is 79.3 Å². The Morgan fingerprint density at radius 3 is 2.77 bits per heavy atom. The first-order chi connectivity index (χ1) is 19.2. The van der Waals surface area contributed by atoms with Gasteiger partial charge < -0.3 is 19.5 Å². The molecule has 7 rings (SSSR count). The minimum atomic E-state index is -0.763. The Morgan fingerprint density at radius 2 is 2.02 bits per heavy atom. The second-order valence-corrected chi connectivity index (χ2v) is 12.7. The van der Waals surface area contributed by atoms with E-state index in [2.05, 4.69) is 11.0 Å². The molecule has 3 fully saturated rings. The number of hydrogen-bond acceptors (Lipinski definition) is 6. The van der Waals surface area contributed by atoms with E-state index in [1.165, 1.54) is 19.8 Å². The molecule has 210 valence electrons. The average Bonchev–Trinajstić information content (AvgIpc) is 3.67. The van der Waals surface area contributed by atoms with Crippen molar-refractivity contribution in [2.75, 3.05) is 20.1 Å². The average molecular weight is 543 g/mol. The molecule has 0 aromatic heterocycles. The van der Waals surface area contributed by atoms with Crippen LogP contribution in [0.4, 0.5) is 0 Å². The van der Waals surface area contributed by atoms with E-state index in [9.17, 15) is 14.7 Å². The molecule has 1 N–H and O–H groups in total. The molecule has 5 aliphatic rings. The van der Waals surface area contributed by atoms with Gasteiger partial charge in [-0.05, 0) is 81.2 Å². The number of phenolic OH excluding ortho intramolecular Hbond substituents is 1. The van der Waals surface area contributed by atoms with Crippen molar-refractivity contribution in [1.29, 1.82) is 0 Å². The summed E-state index contributed by atoms with van der Waals surface area (Å²) in [6.45, 7) is 5.46. The number of esters is 1. The van der Waals surface area contributed by atoms with E-state index < -0.39 is 17.1 Å². The number of aromatic hydroxyl groups is 1. The number of carbonyl (C=O) groups excluding carboxylic acids is 2. The van der Waals surface area contributed by atoms with Gasteiger partial charge in [-0.2, -0.15) is 0 Å². The maximum absolute atomic E-state index is 13.5. The Labute approximate surface area is 235 Å². The van der Waals surface area contributed by atoms with Crippen LogP contribution in [0.2, 0.25) is 0 Å². The maximum Gasteiger partial charge on any atom is 0.303 e. The van der Waals surface area contributed by atoms with Gasteiger partial charge in [-0.3, -0.25) is 14.5 Å². The third-order valence-electron chi connectivity index (χ3n) is 10.3. The quantitative estimate of drug-likeness (QED) is 0.431. The second kappa shape index (κ2) is 9.10. The monoisotopic (exact) mass is 542 g/mol. The van der Waals surface area contributed by atoms with Gasteiger partial charge in [0, 0.05) is 32.2 Å². The molecule has 1 saturated heterocycles. The van der Waals surface area contributed by atoms with Crippen LogP contribution in [0, 0.1) is 12.8 Å². The Morgan fingerprint density at radius 1 is 1.20 bits per heavy atom. The maximum atomic E-state index is 13.5. The molecule has 2 heterocycles. The normalized spacial score (nSPS) is 31.9. The van der Waals surface area contributed by atoms with Gasteiger partial charge in [0.25, 0.3) is 0 Å². The zero-order valence-corrected chi connectivity index (χ0v) is 23.6. The summed E-state index contributed by atoms with van der Waals surface area (Å²) in [5, 5.41) is 11.0. The predicted molar refractivity (Wildman–Crippen MR) is 151 cm³/mol. The van der Waals surface area contributed by atoms with Crippen LogP contribution in [0.5, 0.6) is 11.5 Å². The first kappa shape index (κ1) is 25.6. The number of nitrogens with zero attached hydrogens (tertiary/aromatic N) is 2. The smallest absolute Gasteiger partial charge is 0.303 e. The van der Waals surface area contributed by atoms with Gasteiger partial charge in [-0.15, -0.1) is 0 Å². The molecule has 5 atom stereocenters. The third kappa shape index (κ3) is 3.66. The molecular formula is C33H38N2O5. The van der Waals surface area contributed by atoms with Crippen LogP contribution in [0.1, 0.15) is 61.3 Å².